The summed E-state index contributed by atoms with van der Waals surface area (Å²) in [5.41, 5.74) is 0.309. The minimum absolute atomic E-state index is 0.0720. The van der Waals surface area contributed by atoms with E-state index in [-0.39, 0.29) is 17.2 Å². The Balaban J connectivity index is 1.87. The number of fused-ring (bicyclic) bond motifs is 1. The molecule has 3 rings (SSSR count). The normalized spacial score (nSPS) is 10.8. The van der Waals surface area contributed by atoms with Gasteiger partial charge in [-0.2, -0.15) is 0 Å². The summed E-state index contributed by atoms with van der Waals surface area (Å²) in [5.74, 6) is -2.93. The first-order valence-corrected chi connectivity index (χ1v) is 8.52. The molecule has 146 valence electrons. The molecule has 1 aromatic carbocycles. The zero-order valence-electron chi connectivity index (χ0n) is 15.0. The highest BCUT2D eigenvalue weighted by Gasteiger charge is 2.22. The van der Waals surface area contributed by atoms with E-state index in [1.54, 1.807) is 31.5 Å². The third-order valence-electron chi connectivity index (χ3n) is 3.96. The second-order valence-electron chi connectivity index (χ2n) is 5.92. The second-order valence-corrected chi connectivity index (χ2v) is 5.92. The van der Waals surface area contributed by atoms with Crippen LogP contribution in [0, 0.1) is 11.6 Å². The number of hydrogen-bond acceptors (Lipinski definition) is 4. The molecule has 3 aromatic rings. The largest absolute Gasteiger partial charge is 0.385 e. The fourth-order valence-electron chi connectivity index (χ4n) is 2.64. The van der Waals surface area contributed by atoms with E-state index in [9.17, 15) is 18.4 Å². The number of imidazole rings is 1. The smallest absolute Gasteiger partial charge is 0.292 e. The lowest BCUT2D eigenvalue weighted by molar-refractivity contribution is 0.0946. The zero-order valence-corrected chi connectivity index (χ0v) is 15.0. The van der Waals surface area contributed by atoms with Crippen LogP contribution in [-0.4, -0.2) is 41.5 Å². The SMILES string of the molecule is COCCCNC(=O)c1nc(C(=O)Nc2ccc(F)cc2F)n2ccccc12. The van der Waals surface area contributed by atoms with Gasteiger partial charge in [0.1, 0.15) is 11.6 Å². The topological polar surface area (TPSA) is 84.7 Å². The molecule has 2 amide bonds. The molecule has 0 saturated heterocycles. The van der Waals surface area contributed by atoms with Crippen LogP contribution < -0.4 is 10.6 Å². The fraction of sp³-hybridized carbons (Fsp3) is 0.211. The third kappa shape index (κ3) is 4.15. The maximum absolute atomic E-state index is 13.8. The molecule has 0 saturated carbocycles. The Morgan fingerprint density at radius 1 is 1.18 bits per heavy atom. The van der Waals surface area contributed by atoms with Gasteiger partial charge in [-0.3, -0.25) is 14.0 Å². The van der Waals surface area contributed by atoms with E-state index in [2.05, 4.69) is 15.6 Å². The van der Waals surface area contributed by atoms with Crippen LogP contribution in [0.25, 0.3) is 5.52 Å². The first kappa shape index (κ1) is 19.4. The number of pyridine rings is 1. The molecule has 7 nitrogen and oxygen atoms in total. The first-order chi connectivity index (χ1) is 13.5. The molecule has 2 aromatic heterocycles. The van der Waals surface area contributed by atoms with Crippen molar-refractivity contribution in [2.45, 2.75) is 6.42 Å². The predicted molar refractivity (Wildman–Crippen MR) is 98.3 cm³/mol. The lowest BCUT2D eigenvalue weighted by atomic mass is 10.3. The van der Waals surface area contributed by atoms with Gasteiger partial charge in [0.15, 0.2) is 5.69 Å². The molecule has 0 bridgehead atoms. The molecule has 2 heterocycles. The summed E-state index contributed by atoms with van der Waals surface area (Å²) in [6, 6.07) is 7.83. The van der Waals surface area contributed by atoms with E-state index in [4.69, 9.17) is 4.74 Å². The van der Waals surface area contributed by atoms with Gasteiger partial charge >= 0.3 is 0 Å². The van der Waals surface area contributed by atoms with Crippen LogP contribution in [0.1, 0.15) is 27.5 Å². The lowest BCUT2D eigenvalue weighted by Gasteiger charge is -2.05. The molecule has 0 atom stereocenters. The molecule has 0 aliphatic carbocycles. The van der Waals surface area contributed by atoms with E-state index in [0.717, 1.165) is 12.1 Å². The summed E-state index contributed by atoms with van der Waals surface area (Å²) < 4.78 is 33.2. The van der Waals surface area contributed by atoms with Crippen LogP contribution in [0.2, 0.25) is 0 Å². The van der Waals surface area contributed by atoms with Crippen LogP contribution in [0.5, 0.6) is 0 Å². The van der Waals surface area contributed by atoms with Gasteiger partial charge in [-0.1, -0.05) is 6.07 Å². The summed E-state index contributed by atoms with van der Waals surface area (Å²) >= 11 is 0. The Hall–Kier alpha value is -3.33. The number of amides is 2. The molecule has 0 aliphatic rings. The van der Waals surface area contributed by atoms with Gasteiger partial charge in [-0.15, -0.1) is 0 Å². The quantitative estimate of drug-likeness (QED) is 0.610. The van der Waals surface area contributed by atoms with Gasteiger partial charge in [0.05, 0.1) is 11.2 Å². The monoisotopic (exact) mass is 388 g/mol. The fourth-order valence-corrected chi connectivity index (χ4v) is 2.64. The van der Waals surface area contributed by atoms with Gasteiger partial charge in [-0.05, 0) is 30.7 Å². The number of halogens is 2. The number of hydrogen-bond donors (Lipinski definition) is 2. The van der Waals surface area contributed by atoms with Crippen molar-refractivity contribution in [2.75, 3.05) is 25.6 Å². The number of benzene rings is 1. The number of methoxy groups -OCH3 is 1. The van der Waals surface area contributed by atoms with Crippen molar-refractivity contribution in [3.63, 3.8) is 0 Å². The number of ether oxygens (including phenoxy) is 1. The highest BCUT2D eigenvalue weighted by atomic mass is 19.1. The van der Waals surface area contributed by atoms with E-state index in [1.807, 2.05) is 0 Å². The Morgan fingerprint density at radius 2 is 2.00 bits per heavy atom. The molecule has 0 radical (unpaired) electrons. The number of carbonyl (C=O) groups excluding carboxylic acids is 2. The van der Waals surface area contributed by atoms with Gasteiger partial charge in [-0.25, -0.2) is 13.8 Å². The third-order valence-corrected chi connectivity index (χ3v) is 3.96. The van der Waals surface area contributed by atoms with E-state index < -0.39 is 23.4 Å². The molecular weight excluding hydrogens is 370 g/mol. The van der Waals surface area contributed by atoms with E-state index in [0.29, 0.717) is 31.2 Å². The Bertz CT molecular complexity index is 1020. The van der Waals surface area contributed by atoms with Crippen LogP contribution in [0.4, 0.5) is 14.5 Å². The number of aromatic nitrogens is 2. The van der Waals surface area contributed by atoms with Crippen LogP contribution in [0.3, 0.4) is 0 Å². The van der Waals surface area contributed by atoms with Crippen LogP contribution in [-0.2, 0) is 4.74 Å². The second kappa shape index (κ2) is 8.57. The van der Waals surface area contributed by atoms with Crippen molar-refractivity contribution in [1.29, 1.82) is 0 Å². The zero-order chi connectivity index (χ0) is 20.1. The molecule has 0 aliphatic heterocycles. The number of anilines is 1. The average molecular weight is 388 g/mol. The van der Waals surface area contributed by atoms with Crippen molar-refractivity contribution in [1.82, 2.24) is 14.7 Å². The molecule has 2 N–H and O–H groups in total. The number of rotatable bonds is 7. The van der Waals surface area contributed by atoms with Crippen molar-refractivity contribution >= 4 is 23.0 Å². The molecule has 0 fully saturated rings. The van der Waals surface area contributed by atoms with Crippen molar-refractivity contribution in [3.8, 4) is 0 Å². The molecule has 9 heteroatoms. The van der Waals surface area contributed by atoms with E-state index >= 15 is 0 Å². The van der Waals surface area contributed by atoms with Crippen LogP contribution in [0.15, 0.2) is 42.6 Å². The van der Waals surface area contributed by atoms with E-state index in [1.165, 1.54) is 4.40 Å². The first-order valence-electron chi connectivity index (χ1n) is 8.52. The summed E-state index contributed by atoms with van der Waals surface area (Å²) in [4.78, 5) is 29.2. The Labute approximate surface area is 159 Å². The Morgan fingerprint density at radius 3 is 2.75 bits per heavy atom. The summed E-state index contributed by atoms with van der Waals surface area (Å²) in [7, 11) is 1.57. The number of nitrogens with zero attached hydrogens (tertiary/aromatic N) is 2. The maximum atomic E-state index is 13.8. The standard InChI is InChI=1S/C19H18F2N4O3/c1-28-10-4-8-22-18(26)16-15-5-2-3-9-25(15)17(24-16)19(27)23-14-7-6-12(20)11-13(14)21/h2-3,5-7,9,11H,4,8,10H2,1H3,(H,22,26)(H,23,27). The van der Waals surface area contributed by atoms with Crippen molar-refractivity contribution < 1.29 is 23.1 Å². The van der Waals surface area contributed by atoms with Crippen LogP contribution >= 0.6 is 0 Å². The molecule has 28 heavy (non-hydrogen) atoms. The minimum atomic E-state index is -0.912. The summed E-state index contributed by atoms with van der Waals surface area (Å²) in [6.07, 6.45) is 2.20. The van der Waals surface area contributed by atoms with Gasteiger partial charge in [0.2, 0.25) is 5.82 Å². The lowest BCUT2D eigenvalue weighted by Crippen LogP contribution is -2.26. The van der Waals surface area contributed by atoms with Gasteiger partial charge in [0, 0.05) is 32.5 Å². The Kier molecular flexibility index (Phi) is 5.95. The highest BCUT2D eigenvalue weighted by Crippen LogP contribution is 2.18. The predicted octanol–water partition coefficient (Wildman–Crippen LogP) is 2.63. The molecule has 0 unspecified atom stereocenters. The number of carbonyl (C=O) groups is 2. The number of nitrogens with one attached hydrogen (secondary N) is 2. The summed E-state index contributed by atoms with van der Waals surface area (Å²) in [6.45, 7) is 0.891. The minimum Gasteiger partial charge on any atom is -0.385 e. The molecule has 0 spiro atoms. The maximum Gasteiger partial charge on any atom is 0.292 e. The van der Waals surface area contributed by atoms with Gasteiger partial charge in [0.25, 0.3) is 11.8 Å². The average Bonchev–Trinajstić information content (AvgIpc) is 3.07. The molecular formula is C19H18F2N4O3. The van der Waals surface area contributed by atoms with Crippen molar-refractivity contribution in [3.05, 3.63) is 65.7 Å². The van der Waals surface area contributed by atoms with Crippen molar-refractivity contribution in [2.24, 2.45) is 0 Å². The highest BCUT2D eigenvalue weighted by molar-refractivity contribution is 6.06. The summed E-state index contributed by atoms with van der Waals surface area (Å²) in [5, 5.41) is 5.06. The van der Waals surface area contributed by atoms with Gasteiger partial charge < -0.3 is 15.4 Å².